The van der Waals surface area contributed by atoms with Gasteiger partial charge in [-0.05, 0) is 49.9 Å². The summed E-state index contributed by atoms with van der Waals surface area (Å²) in [6, 6.07) is 6.85. The normalized spacial score (nSPS) is 24.7. The number of nitrogens with zero attached hydrogens (tertiary/aromatic N) is 1. The van der Waals surface area contributed by atoms with Crippen molar-refractivity contribution >= 4 is 5.69 Å². The van der Waals surface area contributed by atoms with E-state index in [9.17, 15) is 0 Å². The van der Waals surface area contributed by atoms with Crippen molar-refractivity contribution in [2.75, 3.05) is 18.0 Å². The molecular weight excluding hydrogens is 222 g/mol. The third-order valence-electron chi connectivity index (χ3n) is 3.66. The highest BCUT2D eigenvalue weighted by atomic mass is 16.5. The molecule has 0 radical (unpaired) electrons. The summed E-state index contributed by atoms with van der Waals surface area (Å²) < 4.78 is 5.79. The molecule has 1 aromatic rings. The Morgan fingerprint density at radius 2 is 1.78 bits per heavy atom. The average molecular weight is 247 g/mol. The summed E-state index contributed by atoms with van der Waals surface area (Å²) in [6.07, 6.45) is 0.637. The standard InChI is InChI=1S/C16H25NO/c1-11(2)16-7-6-15(8-12(16)3)17-9-13(4)18-14(5)10-17/h6-8,11,13-14H,9-10H2,1-5H3/t13-,14+. The molecule has 1 aliphatic rings. The minimum Gasteiger partial charge on any atom is -0.372 e. The van der Waals surface area contributed by atoms with Crippen molar-refractivity contribution in [3.05, 3.63) is 29.3 Å². The summed E-state index contributed by atoms with van der Waals surface area (Å²) in [4.78, 5) is 2.44. The average Bonchev–Trinajstić information content (AvgIpc) is 2.26. The van der Waals surface area contributed by atoms with E-state index in [0.717, 1.165) is 13.1 Å². The maximum Gasteiger partial charge on any atom is 0.0726 e. The lowest BCUT2D eigenvalue weighted by atomic mass is 9.97. The van der Waals surface area contributed by atoms with Crippen LogP contribution in [0.4, 0.5) is 5.69 Å². The smallest absolute Gasteiger partial charge is 0.0726 e. The van der Waals surface area contributed by atoms with Crippen molar-refractivity contribution in [3.63, 3.8) is 0 Å². The maximum absolute atomic E-state index is 5.79. The Morgan fingerprint density at radius 1 is 1.17 bits per heavy atom. The van der Waals surface area contributed by atoms with Gasteiger partial charge in [0, 0.05) is 18.8 Å². The zero-order chi connectivity index (χ0) is 13.3. The minimum absolute atomic E-state index is 0.318. The lowest BCUT2D eigenvalue weighted by Crippen LogP contribution is -2.45. The highest BCUT2D eigenvalue weighted by Gasteiger charge is 2.22. The predicted molar refractivity (Wildman–Crippen MR) is 77.5 cm³/mol. The van der Waals surface area contributed by atoms with E-state index in [1.54, 1.807) is 0 Å². The van der Waals surface area contributed by atoms with Gasteiger partial charge in [0.15, 0.2) is 0 Å². The fourth-order valence-corrected chi connectivity index (χ4v) is 2.89. The number of hydrogen-bond acceptors (Lipinski definition) is 2. The third kappa shape index (κ3) is 2.86. The molecule has 0 saturated carbocycles. The van der Waals surface area contributed by atoms with Crippen LogP contribution in [-0.4, -0.2) is 25.3 Å². The topological polar surface area (TPSA) is 12.5 Å². The van der Waals surface area contributed by atoms with Crippen LogP contribution in [0.25, 0.3) is 0 Å². The molecular formula is C16H25NO. The fraction of sp³-hybridized carbons (Fsp3) is 0.625. The van der Waals surface area contributed by atoms with Gasteiger partial charge in [0.25, 0.3) is 0 Å². The number of benzene rings is 1. The number of ether oxygens (including phenoxy) is 1. The van der Waals surface area contributed by atoms with E-state index < -0.39 is 0 Å². The first-order chi connectivity index (χ1) is 8.47. The van der Waals surface area contributed by atoms with Gasteiger partial charge in [0.1, 0.15) is 0 Å². The third-order valence-corrected chi connectivity index (χ3v) is 3.66. The first-order valence-electron chi connectivity index (χ1n) is 6.98. The van der Waals surface area contributed by atoms with E-state index in [2.05, 4.69) is 57.7 Å². The molecule has 18 heavy (non-hydrogen) atoms. The zero-order valence-electron chi connectivity index (χ0n) is 12.2. The molecule has 1 fully saturated rings. The molecule has 2 rings (SSSR count). The number of aryl methyl sites for hydroxylation is 1. The number of morpholine rings is 1. The van der Waals surface area contributed by atoms with Crippen LogP contribution >= 0.6 is 0 Å². The SMILES string of the molecule is Cc1cc(N2C[C@@H](C)O[C@@H](C)C2)ccc1C(C)C. The minimum atomic E-state index is 0.318. The summed E-state index contributed by atoms with van der Waals surface area (Å²) in [6.45, 7) is 13.0. The Bertz CT molecular complexity index is 404. The molecule has 0 bridgehead atoms. The Kier molecular flexibility index (Phi) is 3.96. The van der Waals surface area contributed by atoms with E-state index in [4.69, 9.17) is 4.74 Å². The summed E-state index contributed by atoms with van der Waals surface area (Å²) in [5.41, 5.74) is 4.18. The monoisotopic (exact) mass is 247 g/mol. The first-order valence-corrected chi connectivity index (χ1v) is 6.98. The Labute approximate surface area is 111 Å². The van der Waals surface area contributed by atoms with E-state index in [-0.39, 0.29) is 0 Å². The van der Waals surface area contributed by atoms with E-state index in [1.807, 2.05) is 0 Å². The van der Waals surface area contributed by atoms with Gasteiger partial charge >= 0.3 is 0 Å². The van der Waals surface area contributed by atoms with Crippen molar-refractivity contribution < 1.29 is 4.74 Å². The first kappa shape index (κ1) is 13.4. The zero-order valence-corrected chi connectivity index (χ0v) is 12.2. The van der Waals surface area contributed by atoms with Gasteiger partial charge in [-0.2, -0.15) is 0 Å². The molecule has 2 atom stereocenters. The van der Waals surface area contributed by atoms with E-state index in [1.165, 1.54) is 16.8 Å². The molecule has 2 nitrogen and oxygen atoms in total. The summed E-state index contributed by atoms with van der Waals surface area (Å²) in [7, 11) is 0. The highest BCUT2D eigenvalue weighted by Crippen LogP contribution is 2.26. The number of anilines is 1. The Balaban J connectivity index is 2.21. The Morgan fingerprint density at radius 3 is 2.28 bits per heavy atom. The summed E-state index contributed by atoms with van der Waals surface area (Å²) in [5.74, 6) is 0.599. The largest absolute Gasteiger partial charge is 0.372 e. The van der Waals surface area contributed by atoms with Crippen LogP contribution in [0.1, 0.15) is 44.7 Å². The van der Waals surface area contributed by atoms with Crippen LogP contribution < -0.4 is 4.90 Å². The van der Waals surface area contributed by atoms with Gasteiger partial charge in [-0.15, -0.1) is 0 Å². The molecule has 2 heteroatoms. The van der Waals surface area contributed by atoms with E-state index in [0.29, 0.717) is 18.1 Å². The molecule has 0 aliphatic carbocycles. The van der Waals surface area contributed by atoms with Crippen LogP contribution in [0.15, 0.2) is 18.2 Å². The highest BCUT2D eigenvalue weighted by molar-refractivity contribution is 5.52. The lowest BCUT2D eigenvalue weighted by molar-refractivity contribution is -0.00522. The maximum atomic E-state index is 5.79. The van der Waals surface area contributed by atoms with Crippen molar-refractivity contribution in [3.8, 4) is 0 Å². The second-order valence-electron chi connectivity index (χ2n) is 5.86. The number of hydrogen-bond donors (Lipinski definition) is 0. The molecule has 1 heterocycles. The molecule has 1 aromatic carbocycles. The number of rotatable bonds is 2. The van der Waals surface area contributed by atoms with Crippen molar-refractivity contribution in [1.29, 1.82) is 0 Å². The van der Waals surface area contributed by atoms with Crippen molar-refractivity contribution in [2.24, 2.45) is 0 Å². The summed E-state index contributed by atoms with van der Waals surface area (Å²) in [5, 5.41) is 0. The molecule has 0 aromatic heterocycles. The predicted octanol–water partition coefficient (Wildman–Crippen LogP) is 3.73. The van der Waals surface area contributed by atoms with Crippen molar-refractivity contribution in [1.82, 2.24) is 0 Å². The quantitative estimate of drug-likeness (QED) is 0.789. The van der Waals surface area contributed by atoms with E-state index >= 15 is 0 Å². The fourth-order valence-electron chi connectivity index (χ4n) is 2.89. The molecule has 100 valence electrons. The molecule has 1 saturated heterocycles. The van der Waals surface area contributed by atoms with Crippen molar-refractivity contribution in [2.45, 2.75) is 52.7 Å². The lowest BCUT2D eigenvalue weighted by Gasteiger charge is -2.37. The van der Waals surface area contributed by atoms with Crippen LogP contribution in [0.2, 0.25) is 0 Å². The molecule has 1 aliphatic heterocycles. The van der Waals surface area contributed by atoms with Gasteiger partial charge < -0.3 is 9.64 Å². The van der Waals surface area contributed by atoms with Gasteiger partial charge in [-0.25, -0.2) is 0 Å². The van der Waals surface area contributed by atoms with Crippen LogP contribution in [0.3, 0.4) is 0 Å². The van der Waals surface area contributed by atoms with Gasteiger partial charge in [0.2, 0.25) is 0 Å². The second-order valence-corrected chi connectivity index (χ2v) is 5.86. The molecule has 0 unspecified atom stereocenters. The molecule has 0 spiro atoms. The van der Waals surface area contributed by atoms with Gasteiger partial charge in [-0.3, -0.25) is 0 Å². The summed E-state index contributed by atoms with van der Waals surface area (Å²) >= 11 is 0. The van der Waals surface area contributed by atoms with Crippen LogP contribution in [-0.2, 0) is 4.74 Å². The molecule has 0 N–H and O–H groups in total. The van der Waals surface area contributed by atoms with Gasteiger partial charge in [0.05, 0.1) is 12.2 Å². The van der Waals surface area contributed by atoms with Gasteiger partial charge in [-0.1, -0.05) is 19.9 Å². The van der Waals surface area contributed by atoms with Crippen LogP contribution in [0.5, 0.6) is 0 Å². The second kappa shape index (κ2) is 5.31. The molecule has 0 amide bonds. The van der Waals surface area contributed by atoms with Crippen LogP contribution in [0, 0.1) is 6.92 Å². The Hall–Kier alpha value is -1.02.